The summed E-state index contributed by atoms with van der Waals surface area (Å²) >= 11 is 0. The Bertz CT molecular complexity index is 1010. The zero-order chi connectivity index (χ0) is 22.4. The van der Waals surface area contributed by atoms with E-state index in [1.54, 1.807) is 24.0 Å². The van der Waals surface area contributed by atoms with Crippen molar-refractivity contribution in [3.63, 3.8) is 0 Å². The van der Waals surface area contributed by atoms with Gasteiger partial charge in [0.2, 0.25) is 0 Å². The SMILES string of the molecule is Cc1ccc(NS(=O)(=O)c2ccc(C(=O)OC(C)C(=O)N3CCCCCC3)cc2)cc1. The molecule has 1 saturated heterocycles. The number of nitrogens with one attached hydrogen (secondary N) is 1. The zero-order valence-electron chi connectivity index (χ0n) is 17.8. The number of sulfonamides is 1. The van der Waals surface area contributed by atoms with Crippen molar-refractivity contribution in [3.8, 4) is 0 Å². The summed E-state index contributed by atoms with van der Waals surface area (Å²) < 4.78 is 33.0. The molecule has 1 fully saturated rings. The van der Waals surface area contributed by atoms with Crippen LogP contribution in [0.15, 0.2) is 53.4 Å². The van der Waals surface area contributed by atoms with Crippen molar-refractivity contribution < 1.29 is 22.7 Å². The molecule has 0 saturated carbocycles. The number of esters is 1. The van der Waals surface area contributed by atoms with Crippen molar-refractivity contribution in [2.45, 2.75) is 50.5 Å². The Labute approximate surface area is 183 Å². The highest BCUT2D eigenvalue weighted by Gasteiger charge is 2.25. The van der Waals surface area contributed by atoms with Gasteiger partial charge in [0.15, 0.2) is 6.10 Å². The summed E-state index contributed by atoms with van der Waals surface area (Å²) in [4.78, 5) is 26.8. The lowest BCUT2D eigenvalue weighted by Gasteiger charge is -2.24. The molecule has 1 amide bonds. The van der Waals surface area contributed by atoms with E-state index in [0.717, 1.165) is 31.2 Å². The Kier molecular flexibility index (Phi) is 7.33. The van der Waals surface area contributed by atoms with Crippen LogP contribution in [0.2, 0.25) is 0 Å². The Morgan fingerprint density at radius 3 is 2.10 bits per heavy atom. The predicted molar refractivity (Wildman–Crippen MR) is 118 cm³/mol. The van der Waals surface area contributed by atoms with E-state index in [1.807, 2.05) is 19.1 Å². The van der Waals surface area contributed by atoms with Gasteiger partial charge in [0.05, 0.1) is 10.5 Å². The van der Waals surface area contributed by atoms with Gasteiger partial charge in [-0.25, -0.2) is 13.2 Å². The standard InChI is InChI=1S/C23H28N2O5S/c1-17-7-11-20(12-8-17)24-31(28,29)21-13-9-19(10-14-21)23(27)30-18(2)22(26)25-15-5-3-4-6-16-25/h7-14,18,24H,3-6,15-16H2,1-2H3. The summed E-state index contributed by atoms with van der Waals surface area (Å²) in [6.45, 7) is 4.84. The van der Waals surface area contributed by atoms with Gasteiger partial charge in [-0.2, -0.15) is 0 Å². The van der Waals surface area contributed by atoms with Crippen LogP contribution in [0, 0.1) is 6.92 Å². The first-order valence-corrected chi connectivity index (χ1v) is 11.9. The van der Waals surface area contributed by atoms with Gasteiger partial charge in [0.1, 0.15) is 0 Å². The number of hydrogen-bond donors (Lipinski definition) is 1. The van der Waals surface area contributed by atoms with Crippen molar-refractivity contribution in [1.29, 1.82) is 0 Å². The molecule has 0 spiro atoms. The molecule has 3 rings (SSSR count). The van der Waals surface area contributed by atoms with Gasteiger partial charge >= 0.3 is 5.97 Å². The molecule has 1 aliphatic rings. The van der Waals surface area contributed by atoms with Crippen LogP contribution in [0.25, 0.3) is 0 Å². The minimum Gasteiger partial charge on any atom is -0.449 e. The topological polar surface area (TPSA) is 92.8 Å². The molecular formula is C23H28N2O5S. The normalized spacial score (nSPS) is 15.6. The van der Waals surface area contributed by atoms with E-state index in [4.69, 9.17) is 4.74 Å². The summed E-state index contributed by atoms with van der Waals surface area (Å²) in [5.41, 5.74) is 1.66. The van der Waals surface area contributed by atoms with Crippen LogP contribution in [-0.2, 0) is 19.6 Å². The van der Waals surface area contributed by atoms with Crippen molar-refractivity contribution in [3.05, 3.63) is 59.7 Å². The second-order valence-corrected chi connectivity index (χ2v) is 9.47. The lowest BCUT2D eigenvalue weighted by atomic mass is 10.2. The van der Waals surface area contributed by atoms with E-state index < -0.39 is 22.1 Å². The number of benzene rings is 2. The van der Waals surface area contributed by atoms with Crippen molar-refractivity contribution in [2.75, 3.05) is 17.8 Å². The van der Waals surface area contributed by atoms with Gasteiger partial charge in [0, 0.05) is 18.8 Å². The second-order valence-electron chi connectivity index (χ2n) is 7.78. The highest BCUT2D eigenvalue weighted by molar-refractivity contribution is 7.92. The fourth-order valence-corrected chi connectivity index (χ4v) is 4.49. The molecule has 8 heteroatoms. The maximum absolute atomic E-state index is 12.6. The molecular weight excluding hydrogens is 416 g/mol. The lowest BCUT2D eigenvalue weighted by molar-refractivity contribution is -0.139. The van der Waals surface area contributed by atoms with E-state index in [1.165, 1.54) is 24.3 Å². The molecule has 0 radical (unpaired) electrons. The van der Waals surface area contributed by atoms with Crippen molar-refractivity contribution in [1.82, 2.24) is 4.90 Å². The molecule has 1 atom stereocenters. The van der Waals surface area contributed by atoms with E-state index in [2.05, 4.69) is 4.72 Å². The minimum absolute atomic E-state index is 0.0262. The first kappa shape index (κ1) is 22.8. The number of anilines is 1. The van der Waals surface area contributed by atoms with Gasteiger partial charge in [0.25, 0.3) is 15.9 Å². The fraction of sp³-hybridized carbons (Fsp3) is 0.391. The molecule has 1 aliphatic heterocycles. The zero-order valence-corrected chi connectivity index (χ0v) is 18.7. The Hall–Kier alpha value is -2.87. The summed E-state index contributed by atoms with van der Waals surface area (Å²) in [6.07, 6.45) is 3.23. The quantitative estimate of drug-likeness (QED) is 0.685. The predicted octanol–water partition coefficient (Wildman–Crippen LogP) is 3.74. The minimum atomic E-state index is -3.79. The third-order valence-electron chi connectivity index (χ3n) is 5.25. The second kappa shape index (κ2) is 9.96. The van der Waals surface area contributed by atoms with Crippen LogP contribution in [0.1, 0.15) is 48.5 Å². The Balaban J connectivity index is 1.62. The number of hydrogen-bond acceptors (Lipinski definition) is 5. The Morgan fingerprint density at radius 2 is 1.52 bits per heavy atom. The number of carbonyl (C=O) groups excluding carboxylic acids is 2. The van der Waals surface area contributed by atoms with Crippen LogP contribution >= 0.6 is 0 Å². The molecule has 166 valence electrons. The lowest BCUT2D eigenvalue weighted by Crippen LogP contribution is -2.40. The van der Waals surface area contributed by atoms with Crippen LogP contribution in [-0.4, -0.2) is 44.4 Å². The molecule has 0 aromatic heterocycles. The van der Waals surface area contributed by atoms with Crippen molar-refractivity contribution in [2.24, 2.45) is 0 Å². The molecule has 7 nitrogen and oxygen atoms in total. The third-order valence-corrected chi connectivity index (χ3v) is 6.65. The molecule has 1 N–H and O–H groups in total. The van der Waals surface area contributed by atoms with Crippen LogP contribution in [0.5, 0.6) is 0 Å². The largest absolute Gasteiger partial charge is 0.449 e. The maximum atomic E-state index is 12.6. The smallest absolute Gasteiger partial charge is 0.338 e. The monoisotopic (exact) mass is 444 g/mol. The average molecular weight is 445 g/mol. The molecule has 2 aromatic carbocycles. The van der Waals surface area contributed by atoms with Crippen molar-refractivity contribution >= 4 is 27.6 Å². The number of nitrogens with zero attached hydrogens (tertiary/aromatic N) is 1. The van der Waals surface area contributed by atoms with Crippen LogP contribution in [0.3, 0.4) is 0 Å². The molecule has 31 heavy (non-hydrogen) atoms. The molecule has 1 unspecified atom stereocenters. The molecule has 0 bridgehead atoms. The fourth-order valence-electron chi connectivity index (χ4n) is 3.43. The number of carbonyl (C=O) groups is 2. The van der Waals surface area contributed by atoms with Crippen LogP contribution in [0.4, 0.5) is 5.69 Å². The first-order valence-electron chi connectivity index (χ1n) is 10.5. The summed E-state index contributed by atoms with van der Waals surface area (Å²) in [6, 6.07) is 12.4. The van der Waals surface area contributed by atoms with Gasteiger partial charge in [-0.3, -0.25) is 9.52 Å². The maximum Gasteiger partial charge on any atom is 0.338 e. The Morgan fingerprint density at radius 1 is 0.935 bits per heavy atom. The highest BCUT2D eigenvalue weighted by atomic mass is 32.2. The van der Waals surface area contributed by atoms with Gasteiger partial charge in [-0.05, 0) is 63.1 Å². The van der Waals surface area contributed by atoms with Gasteiger partial charge in [-0.15, -0.1) is 0 Å². The van der Waals surface area contributed by atoms with E-state index >= 15 is 0 Å². The van der Waals surface area contributed by atoms with Crippen LogP contribution < -0.4 is 4.72 Å². The number of aryl methyl sites for hydroxylation is 1. The summed E-state index contributed by atoms with van der Waals surface area (Å²) in [7, 11) is -3.79. The first-order chi connectivity index (χ1) is 14.8. The highest BCUT2D eigenvalue weighted by Crippen LogP contribution is 2.18. The third kappa shape index (κ3) is 6.07. The summed E-state index contributed by atoms with van der Waals surface area (Å²) in [5, 5.41) is 0. The average Bonchev–Trinajstić information content (AvgIpc) is 3.04. The molecule has 0 aliphatic carbocycles. The molecule has 2 aromatic rings. The number of rotatable bonds is 6. The number of amides is 1. The molecule has 1 heterocycles. The van der Waals surface area contributed by atoms with Gasteiger partial charge in [-0.1, -0.05) is 30.5 Å². The number of likely N-dealkylation sites (tertiary alicyclic amines) is 1. The van der Waals surface area contributed by atoms with E-state index in [-0.39, 0.29) is 16.4 Å². The number of ether oxygens (including phenoxy) is 1. The van der Waals surface area contributed by atoms with E-state index in [0.29, 0.717) is 18.8 Å². The summed E-state index contributed by atoms with van der Waals surface area (Å²) in [5.74, 6) is -0.858. The van der Waals surface area contributed by atoms with E-state index in [9.17, 15) is 18.0 Å². The van der Waals surface area contributed by atoms with Gasteiger partial charge < -0.3 is 9.64 Å².